The molecule has 0 amide bonds. The Morgan fingerprint density at radius 2 is 1.65 bits per heavy atom. The first-order valence-corrected chi connectivity index (χ1v) is 9.01. The minimum absolute atomic E-state index is 0.0612. The Balaban J connectivity index is 3.35. The molecular weight excluding hydrogens is 373 g/mol. The molecule has 1 rings (SSSR count). The summed E-state index contributed by atoms with van der Waals surface area (Å²) >= 11 is 0. The summed E-state index contributed by atoms with van der Waals surface area (Å²) in [6.45, 7) is 7.02. The first kappa shape index (κ1) is 21.8. The highest BCUT2D eigenvalue weighted by atomic mass is 32.2. The number of carbonyl (C=O) groups is 1. The molecule has 144 valence electrons. The minimum atomic E-state index is -5.82. The van der Waals surface area contributed by atoms with Gasteiger partial charge in [0.05, 0.1) is 0 Å². The highest BCUT2D eigenvalue weighted by molar-refractivity contribution is 7.88. The number of alkyl halides is 3. The van der Waals surface area contributed by atoms with Crippen molar-refractivity contribution in [2.75, 3.05) is 0 Å². The Bertz CT molecular complexity index is 751. The fraction of sp³-hybridized carbons (Fsp3) is 0.353. The van der Waals surface area contributed by atoms with Gasteiger partial charge in [0.2, 0.25) is 0 Å². The molecule has 0 aromatic heterocycles. The normalized spacial score (nSPS) is 11.8. The molecule has 1 aromatic carbocycles. The van der Waals surface area contributed by atoms with Gasteiger partial charge in [0, 0.05) is 17.5 Å². The first-order valence-electron chi connectivity index (χ1n) is 7.60. The fourth-order valence-corrected chi connectivity index (χ4v) is 2.82. The number of hydrogen-bond donors (Lipinski definition) is 1. The summed E-state index contributed by atoms with van der Waals surface area (Å²) in [7, 11) is -5.82. The number of halogens is 3. The molecule has 5 nitrogen and oxygen atoms in total. The van der Waals surface area contributed by atoms with Crippen molar-refractivity contribution in [3.05, 3.63) is 54.1 Å². The number of hydrogen-bond acceptors (Lipinski definition) is 4. The molecule has 0 saturated carbocycles. The van der Waals surface area contributed by atoms with Crippen LogP contribution in [0.25, 0.3) is 0 Å². The standard InChI is InChI=1S/C17H19F3O5S/c1-3-6-13-10-12(8-5-9-15(21)22)11-14(7-4-2)16(13)25-26(23,24)17(18,19)20/h3-4,10-11H,1-2,5-9H2,(H,21,22). The number of aliphatic carboxylic acids is 1. The summed E-state index contributed by atoms with van der Waals surface area (Å²) in [5.74, 6) is -1.36. The largest absolute Gasteiger partial charge is 0.534 e. The van der Waals surface area contributed by atoms with Crippen molar-refractivity contribution >= 4 is 16.1 Å². The molecule has 1 aromatic rings. The summed E-state index contributed by atoms with van der Waals surface area (Å²) in [6, 6.07) is 2.99. The van der Waals surface area contributed by atoms with Gasteiger partial charge < -0.3 is 9.29 Å². The van der Waals surface area contributed by atoms with Gasteiger partial charge in [-0.3, -0.25) is 4.79 Å². The van der Waals surface area contributed by atoms with E-state index in [2.05, 4.69) is 17.3 Å². The van der Waals surface area contributed by atoms with Crippen molar-refractivity contribution < 1.29 is 35.7 Å². The van der Waals surface area contributed by atoms with Crippen molar-refractivity contribution in [1.82, 2.24) is 0 Å². The second kappa shape index (κ2) is 8.88. The maximum absolute atomic E-state index is 12.7. The third kappa shape index (κ3) is 5.91. The van der Waals surface area contributed by atoms with Gasteiger partial charge in [0.1, 0.15) is 5.75 Å². The van der Waals surface area contributed by atoms with Crippen LogP contribution in [-0.4, -0.2) is 25.0 Å². The van der Waals surface area contributed by atoms with E-state index in [1.165, 1.54) is 24.3 Å². The minimum Gasteiger partial charge on any atom is -0.481 e. The Morgan fingerprint density at radius 3 is 2.04 bits per heavy atom. The molecule has 0 spiro atoms. The smallest absolute Gasteiger partial charge is 0.481 e. The monoisotopic (exact) mass is 392 g/mol. The average molecular weight is 392 g/mol. The molecule has 0 radical (unpaired) electrons. The Kier molecular flexibility index (Phi) is 7.43. The summed E-state index contributed by atoms with van der Waals surface area (Å²) < 4.78 is 65.2. The zero-order valence-electron chi connectivity index (χ0n) is 13.9. The highest BCUT2D eigenvalue weighted by Crippen LogP contribution is 2.34. The number of allylic oxidation sites excluding steroid dienone is 2. The second-order valence-electron chi connectivity index (χ2n) is 5.46. The van der Waals surface area contributed by atoms with Crippen molar-refractivity contribution in [3.63, 3.8) is 0 Å². The number of rotatable bonds is 10. The number of carboxylic acid groups (broad SMARTS) is 1. The molecule has 1 N–H and O–H groups in total. The van der Waals surface area contributed by atoms with Crippen LogP contribution in [0.1, 0.15) is 29.5 Å². The summed E-state index contributed by atoms with van der Waals surface area (Å²) in [4.78, 5) is 10.6. The van der Waals surface area contributed by atoms with E-state index in [-0.39, 0.29) is 30.4 Å². The molecule has 0 aliphatic rings. The van der Waals surface area contributed by atoms with Crippen LogP contribution in [0.15, 0.2) is 37.4 Å². The third-order valence-electron chi connectivity index (χ3n) is 3.36. The lowest BCUT2D eigenvalue weighted by Gasteiger charge is -2.17. The number of aryl methyl sites for hydroxylation is 1. The van der Waals surface area contributed by atoms with E-state index in [0.717, 1.165) is 0 Å². The summed E-state index contributed by atoms with van der Waals surface area (Å²) in [5.41, 5.74) is -4.45. The van der Waals surface area contributed by atoms with E-state index in [1.54, 1.807) is 0 Å². The van der Waals surface area contributed by atoms with Crippen LogP contribution in [0, 0.1) is 0 Å². The lowest BCUT2D eigenvalue weighted by Crippen LogP contribution is -2.28. The quantitative estimate of drug-likeness (QED) is 0.372. The molecule has 0 heterocycles. The lowest BCUT2D eigenvalue weighted by molar-refractivity contribution is -0.137. The Morgan fingerprint density at radius 1 is 1.15 bits per heavy atom. The fourth-order valence-electron chi connectivity index (χ4n) is 2.29. The predicted octanol–water partition coefficient (Wildman–Crippen LogP) is 3.78. The van der Waals surface area contributed by atoms with E-state index in [9.17, 15) is 26.4 Å². The maximum Gasteiger partial charge on any atom is 0.534 e. The van der Waals surface area contributed by atoms with Crippen LogP contribution in [0.4, 0.5) is 13.2 Å². The van der Waals surface area contributed by atoms with Gasteiger partial charge in [-0.05, 0) is 31.2 Å². The van der Waals surface area contributed by atoms with Gasteiger partial charge in [-0.2, -0.15) is 21.6 Å². The van der Waals surface area contributed by atoms with Gasteiger partial charge in [-0.15, -0.1) is 13.2 Å². The van der Waals surface area contributed by atoms with E-state index in [4.69, 9.17) is 5.11 Å². The zero-order chi connectivity index (χ0) is 20.0. The first-order chi connectivity index (χ1) is 12.0. The number of carboxylic acids is 1. The molecule has 0 bridgehead atoms. The van der Waals surface area contributed by atoms with Crippen molar-refractivity contribution in [3.8, 4) is 5.75 Å². The van der Waals surface area contributed by atoms with Crippen molar-refractivity contribution in [2.45, 2.75) is 37.6 Å². The third-order valence-corrected chi connectivity index (χ3v) is 4.32. The van der Waals surface area contributed by atoms with Gasteiger partial charge >= 0.3 is 21.6 Å². The summed E-state index contributed by atoms with van der Waals surface area (Å²) in [6.07, 6.45) is 3.61. The average Bonchev–Trinajstić information content (AvgIpc) is 2.49. The SMILES string of the molecule is C=CCc1cc(CCCC(=O)O)cc(CC=C)c1OS(=O)(=O)C(F)(F)F. The van der Waals surface area contributed by atoms with Gasteiger partial charge in [-0.1, -0.05) is 24.3 Å². The maximum atomic E-state index is 12.7. The van der Waals surface area contributed by atoms with Crippen LogP contribution in [0.3, 0.4) is 0 Å². The van der Waals surface area contributed by atoms with Crippen LogP contribution >= 0.6 is 0 Å². The Hall–Kier alpha value is -2.29. The zero-order valence-corrected chi connectivity index (χ0v) is 14.7. The van der Waals surface area contributed by atoms with Crippen molar-refractivity contribution in [1.29, 1.82) is 0 Å². The molecule has 0 saturated heterocycles. The van der Waals surface area contributed by atoms with E-state index >= 15 is 0 Å². The van der Waals surface area contributed by atoms with Gasteiger partial charge in [0.15, 0.2) is 0 Å². The molecule has 0 aliphatic heterocycles. The van der Waals surface area contributed by atoms with Crippen LogP contribution < -0.4 is 4.18 Å². The molecule has 0 fully saturated rings. The topological polar surface area (TPSA) is 80.7 Å². The van der Waals surface area contributed by atoms with Crippen molar-refractivity contribution in [2.24, 2.45) is 0 Å². The predicted molar refractivity (Wildman–Crippen MR) is 90.4 cm³/mol. The molecule has 0 atom stereocenters. The number of benzene rings is 1. The van der Waals surface area contributed by atoms with E-state index in [0.29, 0.717) is 18.4 Å². The van der Waals surface area contributed by atoms with E-state index in [1.807, 2.05) is 0 Å². The molecule has 26 heavy (non-hydrogen) atoms. The second-order valence-corrected chi connectivity index (χ2v) is 7.00. The van der Waals surface area contributed by atoms with E-state index < -0.39 is 27.3 Å². The molecule has 0 unspecified atom stereocenters. The lowest BCUT2D eigenvalue weighted by atomic mass is 9.97. The van der Waals surface area contributed by atoms with Crippen LogP contribution in [-0.2, 0) is 34.2 Å². The van der Waals surface area contributed by atoms with Gasteiger partial charge in [0.25, 0.3) is 0 Å². The molecular formula is C17H19F3O5S. The van der Waals surface area contributed by atoms with Gasteiger partial charge in [-0.25, -0.2) is 0 Å². The molecule has 0 aliphatic carbocycles. The highest BCUT2D eigenvalue weighted by Gasteiger charge is 2.49. The summed E-state index contributed by atoms with van der Waals surface area (Å²) in [5, 5.41) is 8.70. The van der Waals surface area contributed by atoms with Crippen LogP contribution in [0.5, 0.6) is 5.75 Å². The Labute approximate surface area is 149 Å². The van der Waals surface area contributed by atoms with Crippen LogP contribution in [0.2, 0.25) is 0 Å². The molecule has 9 heteroatoms.